The zero-order chi connectivity index (χ0) is 13.5. The molecule has 0 saturated carbocycles. The molecule has 0 saturated heterocycles. The van der Waals surface area contributed by atoms with Crippen molar-refractivity contribution >= 4 is 17.0 Å². The molecule has 0 atom stereocenters. The van der Waals surface area contributed by atoms with Crippen molar-refractivity contribution in [3.05, 3.63) is 24.0 Å². The number of fused-ring (bicyclic) bond motifs is 1. The lowest BCUT2D eigenvalue weighted by Gasteiger charge is -2.30. The van der Waals surface area contributed by atoms with Crippen LogP contribution in [0.5, 0.6) is 0 Å². The van der Waals surface area contributed by atoms with Gasteiger partial charge < -0.3 is 10.3 Å². The Kier molecular flexibility index (Phi) is 3.05. The Labute approximate surface area is 107 Å². The number of aromatic nitrogens is 2. The van der Waals surface area contributed by atoms with Gasteiger partial charge in [0.1, 0.15) is 5.82 Å². The van der Waals surface area contributed by atoms with E-state index in [1.165, 1.54) is 12.1 Å². The highest BCUT2D eigenvalue weighted by atomic mass is 19.1. The average molecular weight is 249 g/mol. The van der Waals surface area contributed by atoms with E-state index in [9.17, 15) is 4.39 Å². The van der Waals surface area contributed by atoms with Gasteiger partial charge in [-0.3, -0.25) is 0 Å². The van der Waals surface area contributed by atoms with Gasteiger partial charge in [-0.15, -0.1) is 0 Å². The molecule has 3 nitrogen and oxygen atoms in total. The normalized spacial score (nSPS) is 12.6. The van der Waals surface area contributed by atoms with Crippen molar-refractivity contribution in [1.29, 1.82) is 0 Å². The molecular weight excluding hydrogens is 229 g/mol. The van der Waals surface area contributed by atoms with Crippen LogP contribution in [0.15, 0.2) is 18.2 Å². The Balaban J connectivity index is 2.50. The van der Waals surface area contributed by atoms with E-state index in [0.29, 0.717) is 11.9 Å². The molecule has 0 aliphatic carbocycles. The first-order valence-electron chi connectivity index (χ1n) is 6.22. The summed E-state index contributed by atoms with van der Waals surface area (Å²) in [6, 6.07) is 4.57. The van der Waals surface area contributed by atoms with Crippen LogP contribution in [0, 0.1) is 17.2 Å². The summed E-state index contributed by atoms with van der Waals surface area (Å²) in [6.07, 6.45) is 0. The first kappa shape index (κ1) is 12.9. The Hall–Kier alpha value is -1.58. The topological polar surface area (TPSA) is 43.8 Å². The summed E-state index contributed by atoms with van der Waals surface area (Å²) in [5.41, 5.74) is 7.53. The standard InChI is InChI=1S/C14H20FN3/c1-9(2)14(3,4)8-18-12-7-10(15)5-6-11(12)17-13(18)16/h5-7,9H,8H2,1-4H3,(H2,16,17). The van der Waals surface area contributed by atoms with Crippen LogP contribution in [0.4, 0.5) is 10.3 Å². The van der Waals surface area contributed by atoms with Crippen LogP contribution in [-0.4, -0.2) is 9.55 Å². The number of nitrogens with two attached hydrogens (primary N) is 1. The third-order valence-corrected chi connectivity index (χ3v) is 3.87. The van der Waals surface area contributed by atoms with Gasteiger partial charge >= 0.3 is 0 Å². The van der Waals surface area contributed by atoms with Gasteiger partial charge in [0.15, 0.2) is 0 Å². The van der Waals surface area contributed by atoms with Crippen LogP contribution in [0.1, 0.15) is 27.7 Å². The maximum atomic E-state index is 13.3. The predicted molar refractivity (Wildman–Crippen MR) is 72.7 cm³/mol. The molecule has 0 spiro atoms. The van der Waals surface area contributed by atoms with Crippen molar-refractivity contribution in [2.24, 2.45) is 11.3 Å². The van der Waals surface area contributed by atoms with E-state index in [2.05, 4.69) is 32.7 Å². The van der Waals surface area contributed by atoms with Gasteiger partial charge in [-0.1, -0.05) is 27.7 Å². The maximum absolute atomic E-state index is 13.3. The highest BCUT2D eigenvalue weighted by Gasteiger charge is 2.25. The van der Waals surface area contributed by atoms with E-state index < -0.39 is 0 Å². The highest BCUT2D eigenvalue weighted by Crippen LogP contribution is 2.31. The van der Waals surface area contributed by atoms with Crippen molar-refractivity contribution in [3.8, 4) is 0 Å². The van der Waals surface area contributed by atoms with E-state index in [4.69, 9.17) is 5.73 Å². The fraction of sp³-hybridized carbons (Fsp3) is 0.500. The average Bonchev–Trinajstić information content (AvgIpc) is 2.55. The van der Waals surface area contributed by atoms with Crippen LogP contribution in [0.2, 0.25) is 0 Å². The Morgan fingerprint density at radius 2 is 2.06 bits per heavy atom. The Morgan fingerprint density at radius 3 is 2.67 bits per heavy atom. The molecule has 2 aromatic rings. The SMILES string of the molecule is CC(C)C(C)(C)Cn1c(N)nc2ccc(F)cc21. The summed E-state index contributed by atoms with van der Waals surface area (Å²) < 4.78 is 15.2. The number of nitrogens with zero attached hydrogens (tertiary/aromatic N) is 2. The number of hydrogen-bond acceptors (Lipinski definition) is 2. The van der Waals surface area contributed by atoms with E-state index in [1.807, 2.05) is 4.57 Å². The van der Waals surface area contributed by atoms with Crippen molar-refractivity contribution in [2.45, 2.75) is 34.2 Å². The second kappa shape index (κ2) is 4.26. The molecule has 0 aliphatic rings. The number of halogens is 1. The summed E-state index contributed by atoms with van der Waals surface area (Å²) in [6.45, 7) is 9.45. The number of anilines is 1. The molecule has 0 aliphatic heterocycles. The molecule has 0 amide bonds. The number of nitrogen functional groups attached to an aromatic ring is 1. The minimum atomic E-state index is -0.258. The third kappa shape index (κ3) is 2.19. The molecule has 4 heteroatoms. The molecule has 0 radical (unpaired) electrons. The van der Waals surface area contributed by atoms with Crippen LogP contribution < -0.4 is 5.73 Å². The van der Waals surface area contributed by atoms with E-state index in [0.717, 1.165) is 17.6 Å². The molecule has 0 bridgehead atoms. The molecule has 1 aromatic carbocycles. The third-order valence-electron chi connectivity index (χ3n) is 3.87. The summed E-state index contributed by atoms with van der Waals surface area (Å²) in [5, 5.41) is 0. The summed E-state index contributed by atoms with van der Waals surface area (Å²) in [7, 11) is 0. The smallest absolute Gasteiger partial charge is 0.201 e. The van der Waals surface area contributed by atoms with Crippen molar-refractivity contribution in [3.63, 3.8) is 0 Å². The van der Waals surface area contributed by atoms with Gasteiger partial charge in [0.05, 0.1) is 11.0 Å². The molecule has 18 heavy (non-hydrogen) atoms. The quantitative estimate of drug-likeness (QED) is 0.905. The Morgan fingerprint density at radius 1 is 1.39 bits per heavy atom. The van der Waals surface area contributed by atoms with Crippen molar-refractivity contribution < 1.29 is 4.39 Å². The van der Waals surface area contributed by atoms with Gasteiger partial charge in [0.2, 0.25) is 5.95 Å². The fourth-order valence-corrected chi connectivity index (χ4v) is 1.87. The summed E-state index contributed by atoms with van der Waals surface area (Å²) >= 11 is 0. The second-order valence-corrected chi connectivity index (χ2v) is 5.83. The molecule has 98 valence electrons. The fourth-order valence-electron chi connectivity index (χ4n) is 1.87. The van der Waals surface area contributed by atoms with Gasteiger partial charge in [-0.25, -0.2) is 9.37 Å². The van der Waals surface area contributed by atoms with Gasteiger partial charge in [-0.2, -0.15) is 0 Å². The number of rotatable bonds is 3. The monoisotopic (exact) mass is 249 g/mol. The van der Waals surface area contributed by atoms with Gasteiger partial charge in [-0.05, 0) is 29.5 Å². The maximum Gasteiger partial charge on any atom is 0.201 e. The molecule has 1 heterocycles. The number of benzene rings is 1. The van der Waals surface area contributed by atoms with Gasteiger partial charge in [0, 0.05) is 6.54 Å². The highest BCUT2D eigenvalue weighted by molar-refractivity contribution is 5.78. The summed E-state index contributed by atoms with van der Waals surface area (Å²) in [5.74, 6) is 0.693. The largest absolute Gasteiger partial charge is 0.369 e. The lowest BCUT2D eigenvalue weighted by atomic mass is 9.81. The van der Waals surface area contributed by atoms with Crippen molar-refractivity contribution in [2.75, 3.05) is 5.73 Å². The molecule has 1 aromatic heterocycles. The van der Waals surface area contributed by atoms with Crippen LogP contribution in [-0.2, 0) is 6.54 Å². The lowest BCUT2D eigenvalue weighted by molar-refractivity contribution is 0.214. The Bertz CT molecular complexity index is 570. The zero-order valence-corrected chi connectivity index (χ0v) is 11.4. The number of imidazole rings is 1. The predicted octanol–water partition coefficient (Wildman–Crippen LogP) is 3.44. The van der Waals surface area contributed by atoms with E-state index in [1.54, 1.807) is 6.07 Å². The van der Waals surface area contributed by atoms with Crippen LogP contribution in [0.25, 0.3) is 11.0 Å². The van der Waals surface area contributed by atoms with Gasteiger partial charge in [0.25, 0.3) is 0 Å². The minimum Gasteiger partial charge on any atom is -0.369 e. The first-order chi connectivity index (χ1) is 8.31. The zero-order valence-electron chi connectivity index (χ0n) is 11.4. The number of hydrogen-bond donors (Lipinski definition) is 1. The van der Waals surface area contributed by atoms with E-state index in [-0.39, 0.29) is 11.2 Å². The van der Waals surface area contributed by atoms with Crippen molar-refractivity contribution in [1.82, 2.24) is 9.55 Å². The molecule has 0 unspecified atom stereocenters. The summed E-state index contributed by atoms with van der Waals surface area (Å²) in [4.78, 5) is 4.27. The molecular formula is C14H20FN3. The van der Waals surface area contributed by atoms with Crippen LogP contribution >= 0.6 is 0 Å². The lowest BCUT2D eigenvalue weighted by Crippen LogP contribution is -2.26. The molecule has 2 rings (SSSR count). The second-order valence-electron chi connectivity index (χ2n) is 5.83. The minimum absolute atomic E-state index is 0.0774. The van der Waals surface area contributed by atoms with Crippen LogP contribution in [0.3, 0.4) is 0 Å². The molecule has 2 N–H and O–H groups in total. The van der Waals surface area contributed by atoms with E-state index >= 15 is 0 Å². The first-order valence-corrected chi connectivity index (χ1v) is 6.22. The molecule has 0 fully saturated rings.